The van der Waals surface area contributed by atoms with E-state index in [9.17, 15) is 14.4 Å². The summed E-state index contributed by atoms with van der Waals surface area (Å²) >= 11 is 0. The Morgan fingerprint density at radius 2 is 1.68 bits per heavy atom. The number of hydrogen-bond acceptors (Lipinski definition) is 5. The third-order valence-electron chi connectivity index (χ3n) is 2.95. The van der Waals surface area contributed by atoms with Crippen LogP contribution in [0.1, 0.15) is 47.5 Å². The van der Waals surface area contributed by atoms with E-state index >= 15 is 0 Å². The quantitative estimate of drug-likeness (QED) is 0.430. The van der Waals surface area contributed by atoms with Gasteiger partial charge in [0, 0.05) is 0 Å². The summed E-state index contributed by atoms with van der Waals surface area (Å²) in [5.41, 5.74) is 1.50. The van der Waals surface area contributed by atoms with Crippen molar-refractivity contribution >= 4 is 17.9 Å². The second kappa shape index (κ2) is 10.7. The standard InChI is InChI=1S/C17H31N3O5/c1-8-9-12(15(22)20-24-7)18-14(21)13(10-11(2)3)19-16(23)25-17(4,5)6/h8,11-13H,1,9-10H2,2-7H3,(H,18,21)(H,19,23)(H,20,22)/t12?,13-/m0/s1. The number of ether oxygens (including phenoxy) is 1. The molecule has 3 amide bonds. The van der Waals surface area contributed by atoms with Crippen molar-refractivity contribution in [3.63, 3.8) is 0 Å². The molecule has 1 unspecified atom stereocenters. The molecule has 0 fully saturated rings. The minimum absolute atomic E-state index is 0.149. The van der Waals surface area contributed by atoms with Crippen LogP contribution < -0.4 is 16.1 Å². The summed E-state index contributed by atoms with van der Waals surface area (Å²) in [5, 5.41) is 5.16. The molecule has 0 aliphatic rings. The van der Waals surface area contributed by atoms with Gasteiger partial charge >= 0.3 is 6.09 Å². The van der Waals surface area contributed by atoms with E-state index in [0.717, 1.165) is 0 Å². The molecule has 0 saturated heterocycles. The summed E-state index contributed by atoms with van der Waals surface area (Å²) in [5.74, 6) is -0.828. The summed E-state index contributed by atoms with van der Waals surface area (Å²) < 4.78 is 5.19. The molecule has 0 aliphatic heterocycles. The lowest BCUT2D eigenvalue weighted by Crippen LogP contribution is -2.54. The topological polar surface area (TPSA) is 106 Å². The number of carbonyl (C=O) groups excluding carboxylic acids is 3. The number of amides is 3. The molecule has 0 heterocycles. The number of carbonyl (C=O) groups is 3. The van der Waals surface area contributed by atoms with Gasteiger partial charge in [0.15, 0.2) is 0 Å². The SMILES string of the molecule is C=CCC(NC(=O)[C@H](CC(C)C)NC(=O)OC(C)(C)C)C(=O)NOC. The van der Waals surface area contributed by atoms with Crippen molar-refractivity contribution in [1.29, 1.82) is 0 Å². The minimum Gasteiger partial charge on any atom is -0.444 e. The van der Waals surface area contributed by atoms with Gasteiger partial charge < -0.3 is 15.4 Å². The van der Waals surface area contributed by atoms with Crippen molar-refractivity contribution in [2.75, 3.05) is 7.11 Å². The molecule has 0 rings (SSSR count). The number of hydroxylamine groups is 1. The second-order valence-electron chi connectivity index (χ2n) is 7.08. The molecule has 0 aromatic carbocycles. The van der Waals surface area contributed by atoms with Crippen molar-refractivity contribution in [3.05, 3.63) is 12.7 Å². The highest BCUT2D eigenvalue weighted by atomic mass is 16.6. The molecule has 8 nitrogen and oxygen atoms in total. The fourth-order valence-electron chi connectivity index (χ4n) is 1.99. The average Bonchev–Trinajstić information content (AvgIpc) is 2.43. The van der Waals surface area contributed by atoms with Gasteiger partial charge in [0.25, 0.3) is 5.91 Å². The predicted molar refractivity (Wildman–Crippen MR) is 94.5 cm³/mol. The van der Waals surface area contributed by atoms with Crippen LogP contribution in [0.3, 0.4) is 0 Å². The first kappa shape index (κ1) is 22.9. The molecule has 0 spiro atoms. The van der Waals surface area contributed by atoms with Gasteiger partial charge in [0.2, 0.25) is 5.91 Å². The Morgan fingerprint density at radius 3 is 2.12 bits per heavy atom. The van der Waals surface area contributed by atoms with E-state index in [4.69, 9.17) is 4.74 Å². The number of nitrogens with one attached hydrogen (secondary N) is 3. The molecule has 0 bridgehead atoms. The zero-order valence-electron chi connectivity index (χ0n) is 16.0. The van der Waals surface area contributed by atoms with Gasteiger partial charge in [0.05, 0.1) is 7.11 Å². The lowest BCUT2D eigenvalue weighted by atomic mass is 10.0. The lowest BCUT2D eigenvalue weighted by molar-refractivity contribution is -0.136. The summed E-state index contributed by atoms with van der Waals surface area (Å²) in [6, 6.07) is -1.67. The molecular weight excluding hydrogens is 326 g/mol. The Balaban J connectivity index is 5.04. The van der Waals surface area contributed by atoms with Crippen LogP contribution in [0.25, 0.3) is 0 Å². The molecule has 2 atom stereocenters. The van der Waals surface area contributed by atoms with Crippen molar-refractivity contribution in [1.82, 2.24) is 16.1 Å². The van der Waals surface area contributed by atoms with Gasteiger partial charge in [-0.2, -0.15) is 0 Å². The van der Waals surface area contributed by atoms with Crippen molar-refractivity contribution < 1.29 is 24.0 Å². The Morgan fingerprint density at radius 1 is 1.08 bits per heavy atom. The second-order valence-corrected chi connectivity index (χ2v) is 7.08. The third kappa shape index (κ3) is 10.4. The highest BCUT2D eigenvalue weighted by Gasteiger charge is 2.28. The van der Waals surface area contributed by atoms with Gasteiger partial charge in [-0.15, -0.1) is 6.58 Å². The van der Waals surface area contributed by atoms with Crippen LogP contribution >= 0.6 is 0 Å². The predicted octanol–water partition coefficient (Wildman–Crippen LogP) is 1.66. The molecule has 25 heavy (non-hydrogen) atoms. The van der Waals surface area contributed by atoms with Crippen molar-refractivity contribution in [2.24, 2.45) is 5.92 Å². The maximum absolute atomic E-state index is 12.5. The Bertz CT molecular complexity index is 471. The van der Waals surface area contributed by atoms with Gasteiger partial charge in [-0.1, -0.05) is 19.9 Å². The smallest absolute Gasteiger partial charge is 0.408 e. The molecule has 0 aromatic heterocycles. The van der Waals surface area contributed by atoms with E-state index in [2.05, 4.69) is 27.5 Å². The van der Waals surface area contributed by atoms with E-state index in [0.29, 0.717) is 6.42 Å². The fourth-order valence-corrected chi connectivity index (χ4v) is 1.99. The van der Waals surface area contributed by atoms with Gasteiger partial charge in [0.1, 0.15) is 17.7 Å². The van der Waals surface area contributed by atoms with Crippen LogP contribution in [-0.2, 0) is 19.2 Å². The Labute approximate surface area is 149 Å². The number of hydrogen-bond donors (Lipinski definition) is 3. The zero-order valence-corrected chi connectivity index (χ0v) is 16.0. The first-order chi connectivity index (χ1) is 11.5. The summed E-state index contributed by atoms with van der Waals surface area (Å²) in [7, 11) is 1.30. The molecule has 144 valence electrons. The van der Waals surface area contributed by atoms with Gasteiger partial charge in [-0.25, -0.2) is 10.3 Å². The fraction of sp³-hybridized carbons (Fsp3) is 0.706. The van der Waals surface area contributed by atoms with Crippen LogP contribution in [0.4, 0.5) is 4.79 Å². The van der Waals surface area contributed by atoms with Crippen LogP contribution in [-0.4, -0.2) is 42.7 Å². The Hall–Kier alpha value is -2.09. The van der Waals surface area contributed by atoms with Crippen LogP contribution in [0.15, 0.2) is 12.7 Å². The summed E-state index contributed by atoms with van der Waals surface area (Å²) in [6.07, 6.45) is 1.45. The van der Waals surface area contributed by atoms with E-state index < -0.39 is 35.6 Å². The largest absolute Gasteiger partial charge is 0.444 e. The first-order valence-electron chi connectivity index (χ1n) is 8.23. The van der Waals surface area contributed by atoms with E-state index in [1.54, 1.807) is 20.8 Å². The molecular formula is C17H31N3O5. The van der Waals surface area contributed by atoms with Gasteiger partial charge in [-0.3, -0.25) is 14.4 Å². The summed E-state index contributed by atoms with van der Waals surface area (Å²) in [6.45, 7) is 12.6. The highest BCUT2D eigenvalue weighted by molar-refractivity contribution is 5.91. The van der Waals surface area contributed by atoms with Crippen LogP contribution in [0, 0.1) is 5.92 Å². The molecule has 8 heteroatoms. The summed E-state index contributed by atoms with van der Waals surface area (Å²) in [4.78, 5) is 41.0. The van der Waals surface area contributed by atoms with E-state index in [1.165, 1.54) is 13.2 Å². The molecule has 3 N–H and O–H groups in total. The highest BCUT2D eigenvalue weighted by Crippen LogP contribution is 2.10. The van der Waals surface area contributed by atoms with E-state index in [1.807, 2.05) is 13.8 Å². The monoisotopic (exact) mass is 357 g/mol. The van der Waals surface area contributed by atoms with Crippen molar-refractivity contribution in [2.45, 2.75) is 65.1 Å². The molecule has 0 aliphatic carbocycles. The maximum Gasteiger partial charge on any atom is 0.408 e. The molecule has 0 aromatic rings. The van der Waals surface area contributed by atoms with Gasteiger partial charge in [-0.05, 0) is 39.5 Å². The van der Waals surface area contributed by atoms with Crippen LogP contribution in [0.5, 0.6) is 0 Å². The number of rotatable bonds is 9. The Kier molecular flexibility index (Phi) is 9.81. The minimum atomic E-state index is -0.847. The van der Waals surface area contributed by atoms with E-state index in [-0.39, 0.29) is 12.3 Å². The average molecular weight is 357 g/mol. The van der Waals surface area contributed by atoms with Crippen LogP contribution in [0.2, 0.25) is 0 Å². The maximum atomic E-state index is 12.5. The zero-order chi connectivity index (χ0) is 19.6. The number of alkyl carbamates (subject to hydrolysis) is 1. The first-order valence-corrected chi connectivity index (χ1v) is 8.23. The lowest BCUT2D eigenvalue weighted by Gasteiger charge is -2.25. The van der Waals surface area contributed by atoms with Crippen molar-refractivity contribution in [3.8, 4) is 0 Å². The third-order valence-corrected chi connectivity index (χ3v) is 2.95. The molecule has 0 saturated carbocycles. The molecule has 0 radical (unpaired) electrons. The normalized spacial score (nSPS) is 13.6.